The number of hydrogen-bond donors (Lipinski definition) is 0. The number of benzene rings is 2. The lowest BCUT2D eigenvalue weighted by Gasteiger charge is -2.14. The molecule has 0 N–H and O–H groups in total. The zero-order valence-corrected chi connectivity index (χ0v) is 14.3. The van der Waals surface area contributed by atoms with E-state index in [1.165, 1.54) is 6.20 Å². The first-order valence-electron chi connectivity index (χ1n) is 8.43. The van der Waals surface area contributed by atoms with Crippen molar-refractivity contribution in [1.82, 2.24) is 9.97 Å². The Balaban J connectivity index is 1.58. The number of aryl methyl sites for hydroxylation is 1. The van der Waals surface area contributed by atoms with Crippen LogP contribution in [-0.4, -0.2) is 21.8 Å². The maximum Gasteiger partial charge on any atom is 0.284 e. The Labute approximate surface area is 154 Å². The first kappa shape index (κ1) is 15.5. The smallest absolute Gasteiger partial charge is 0.284 e. The van der Waals surface area contributed by atoms with Gasteiger partial charge >= 0.3 is 0 Å². The van der Waals surface area contributed by atoms with Gasteiger partial charge in [-0.25, -0.2) is 9.88 Å². The highest BCUT2D eigenvalue weighted by molar-refractivity contribution is 6.33. The lowest BCUT2D eigenvalue weighted by atomic mass is 10.2. The molecule has 27 heavy (non-hydrogen) atoms. The number of oxazole rings is 1. The van der Waals surface area contributed by atoms with E-state index >= 15 is 0 Å². The molecule has 0 bridgehead atoms. The predicted molar refractivity (Wildman–Crippen MR) is 99.6 cm³/mol. The molecule has 2 amide bonds. The van der Waals surface area contributed by atoms with Crippen LogP contribution in [0.2, 0.25) is 0 Å². The Morgan fingerprint density at radius 1 is 0.963 bits per heavy atom. The first-order chi connectivity index (χ1) is 13.1. The number of pyridine rings is 1. The van der Waals surface area contributed by atoms with Crippen LogP contribution in [0.5, 0.6) is 0 Å². The number of carbonyl (C=O) groups excluding carboxylic acids is 2. The SMILES string of the molecule is Cc1ccc2oc(-c3cccc(N4C(=O)c5cccnc5C4=O)c3)nc2c1. The lowest BCUT2D eigenvalue weighted by Crippen LogP contribution is -2.29. The molecular weight excluding hydrogens is 342 g/mol. The fraction of sp³-hybridized carbons (Fsp3) is 0.0476. The number of imide groups is 1. The van der Waals surface area contributed by atoms with Crippen molar-refractivity contribution in [3.63, 3.8) is 0 Å². The van der Waals surface area contributed by atoms with Crippen molar-refractivity contribution in [1.29, 1.82) is 0 Å². The van der Waals surface area contributed by atoms with E-state index in [0.29, 0.717) is 28.3 Å². The Kier molecular flexibility index (Phi) is 3.21. The van der Waals surface area contributed by atoms with Gasteiger partial charge in [-0.2, -0.15) is 0 Å². The van der Waals surface area contributed by atoms with Crippen LogP contribution in [0.25, 0.3) is 22.6 Å². The minimum atomic E-state index is -0.430. The van der Waals surface area contributed by atoms with Crippen molar-refractivity contribution in [2.24, 2.45) is 0 Å². The maximum atomic E-state index is 12.7. The molecular formula is C21H13N3O3. The third kappa shape index (κ3) is 2.34. The summed E-state index contributed by atoms with van der Waals surface area (Å²) in [6, 6.07) is 16.1. The highest BCUT2D eigenvalue weighted by Gasteiger charge is 2.37. The van der Waals surface area contributed by atoms with Crippen LogP contribution >= 0.6 is 0 Å². The fourth-order valence-corrected chi connectivity index (χ4v) is 3.24. The molecule has 0 atom stereocenters. The second-order valence-corrected chi connectivity index (χ2v) is 6.39. The molecule has 0 spiro atoms. The Hall–Kier alpha value is -3.80. The predicted octanol–water partition coefficient (Wildman–Crippen LogP) is 4.00. The van der Waals surface area contributed by atoms with Gasteiger partial charge in [0.15, 0.2) is 5.58 Å². The number of nitrogens with zero attached hydrogens (tertiary/aromatic N) is 3. The average Bonchev–Trinajstić information content (AvgIpc) is 3.21. The largest absolute Gasteiger partial charge is 0.436 e. The van der Waals surface area contributed by atoms with Gasteiger partial charge in [-0.3, -0.25) is 14.6 Å². The summed E-state index contributed by atoms with van der Waals surface area (Å²) >= 11 is 0. The van der Waals surface area contributed by atoms with Gasteiger partial charge in [-0.15, -0.1) is 0 Å². The molecule has 1 aliphatic rings. The Morgan fingerprint density at radius 2 is 1.85 bits per heavy atom. The van der Waals surface area contributed by atoms with E-state index in [-0.39, 0.29) is 11.6 Å². The van der Waals surface area contributed by atoms with Gasteiger partial charge in [0.2, 0.25) is 5.89 Å². The minimum absolute atomic E-state index is 0.172. The summed E-state index contributed by atoms with van der Waals surface area (Å²) in [5.74, 6) is -0.374. The molecule has 6 nitrogen and oxygen atoms in total. The number of hydrogen-bond acceptors (Lipinski definition) is 5. The molecule has 0 unspecified atom stereocenters. The van der Waals surface area contributed by atoms with Crippen LogP contribution in [0.3, 0.4) is 0 Å². The molecule has 0 saturated carbocycles. The lowest BCUT2D eigenvalue weighted by molar-refractivity contribution is 0.0924. The van der Waals surface area contributed by atoms with Crippen LogP contribution in [0, 0.1) is 6.92 Å². The van der Waals surface area contributed by atoms with Gasteiger partial charge in [0, 0.05) is 11.8 Å². The number of amides is 2. The molecule has 0 saturated heterocycles. The van der Waals surface area contributed by atoms with Gasteiger partial charge in [-0.05, 0) is 55.0 Å². The monoisotopic (exact) mass is 355 g/mol. The van der Waals surface area contributed by atoms with E-state index in [9.17, 15) is 9.59 Å². The summed E-state index contributed by atoms with van der Waals surface area (Å²) < 4.78 is 5.83. The second-order valence-electron chi connectivity index (χ2n) is 6.39. The van der Waals surface area contributed by atoms with E-state index in [1.54, 1.807) is 30.3 Å². The van der Waals surface area contributed by atoms with Gasteiger partial charge in [0.05, 0.1) is 11.3 Å². The molecule has 5 rings (SSSR count). The summed E-state index contributed by atoms with van der Waals surface area (Å²) in [4.78, 5) is 35.0. The van der Waals surface area contributed by atoms with E-state index in [2.05, 4.69) is 9.97 Å². The average molecular weight is 355 g/mol. The van der Waals surface area contributed by atoms with E-state index in [4.69, 9.17) is 4.42 Å². The van der Waals surface area contributed by atoms with Crippen molar-refractivity contribution in [3.8, 4) is 11.5 Å². The molecule has 0 aliphatic carbocycles. The number of aromatic nitrogens is 2. The van der Waals surface area contributed by atoms with Gasteiger partial charge in [-0.1, -0.05) is 12.1 Å². The van der Waals surface area contributed by atoms with Crippen molar-refractivity contribution in [3.05, 3.63) is 77.6 Å². The van der Waals surface area contributed by atoms with Gasteiger partial charge < -0.3 is 4.42 Å². The molecule has 3 heterocycles. The third-order valence-electron chi connectivity index (χ3n) is 4.54. The summed E-state index contributed by atoms with van der Waals surface area (Å²) in [5.41, 5.74) is 4.17. The quantitative estimate of drug-likeness (QED) is 0.508. The fourth-order valence-electron chi connectivity index (χ4n) is 3.24. The van der Waals surface area contributed by atoms with Crippen LogP contribution in [0.4, 0.5) is 5.69 Å². The number of fused-ring (bicyclic) bond motifs is 2. The second kappa shape index (κ2) is 5.60. The third-order valence-corrected chi connectivity index (χ3v) is 4.54. The number of rotatable bonds is 2. The standard InChI is InChI=1S/C21H13N3O3/c1-12-7-8-17-16(10-12)23-19(27-17)13-4-2-5-14(11-13)24-20(25)15-6-3-9-22-18(15)21(24)26/h2-11H,1H3. The van der Waals surface area contributed by atoms with E-state index in [1.807, 2.05) is 31.2 Å². The van der Waals surface area contributed by atoms with Crippen molar-refractivity contribution in [2.45, 2.75) is 6.92 Å². The Bertz CT molecular complexity index is 1210. The molecule has 6 heteroatoms. The highest BCUT2D eigenvalue weighted by Crippen LogP contribution is 2.31. The van der Waals surface area contributed by atoms with E-state index < -0.39 is 5.91 Å². The molecule has 0 radical (unpaired) electrons. The summed E-state index contributed by atoms with van der Waals surface area (Å²) in [5, 5.41) is 0. The summed E-state index contributed by atoms with van der Waals surface area (Å²) in [6.45, 7) is 1.99. The molecule has 4 aromatic rings. The van der Waals surface area contributed by atoms with Crippen LogP contribution in [-0.2, 0) is 0 Å². The normalized spacial score (nSPS) is 13.4. The molecule has 130 valence electrons. The van der Waals surface area contributed by atoms with Gasteiger partial charge in [0.25, 0.3) is 11.8 Å². The number of carbonyl (C=O) groups is 2. The van der Waals surface area contributed by atoms with Gasteiger partial charge in [0.1, 0.15) is 11.2 Å². The van der Waals surface area contributed by atoms with Crippen molar-refractivity contribution in [2.75, 3.05) is 4.90 Å². The zero-order valence-electron chi connectivity index (χ0n) is 14.3. The first-order valence-corrected chi connectivity index (χ1v) is 8.43. The zero-order chi connectivity index (χ0) is 18.5. The summed E-state index contributed by atoms with van der Waals surface area (Å²) in [7, 11) is 0. The van der Waals surface area contributed by atoms with Crippen LogP contribution < -0.4 is 4.90 Å². The number of anilines is 1. The topological polar surface area (TPSA) is 76.3 Å². The highest BCUT2D eigenvalue weighted by atomic mass is 16.3. The minimum Gasteiger partial charge on any atom is -0.436 e. The maximum absolute atomic E-state index is 12.7. The van der Waals surface area contributed by atoms with Crippen molar-refractivity contribution >= 4 is 28.6 Å². The van der Waals surface area contributed by atoms with Crippen LogP contribution in [0.15, 0.2) is 65.2 Å². The Morgan fingerprint density at radius 3 is 2.70 bits per heavy atom. The summed E-state index contributed by atoms with van der Waals surface area (Å²) in [6.07, 6.45) is 1.50. The van der Waals surface area contributed by atoms with Crippen LogP contribution in [0.1, 0.15) is 26.4 Å². The molecule has 2 aromatic heterocycles. The molecule has 0 fully saturated rings. The van der Waals surface area contributed by atoms with E-state index in [0.717, 1.165) is 16.0 Å². The van der Waals surface area contributed by atoms with Crippen molar-refractivity contribution < 1.29 is 14.0 Å². The molecule has 1 aliphatic heterocycles. The molecule has 2 aromatic carbocycles.